The first-order chi connectivity index (χ1) is 16.6. The minimum Gasteiger partial charge on any atom is -0.493 e. The number of likely N-dealkylation sites (tertiary alicyclic amines) is 1. The van der Waals surface area contributed by atoms with Gasteiger partial charge in [-0.25, -0.2) is 0 Å². The number of hydrogen-bond donors (Lipinski definition) is 0. The van der Waals surface area contributed by atoms with E-state index >= 15 is 0 Å². The summed E-state index contributed by atoms with van der Waals surface area (Å²) in [6.45, 7) is 8.61. The van der Waals surface area contributed by atoms with Crippen molar-refractivity contribution < 1.29 is 14.1 Å². The predicted octanol–water partition coefficient (Wildman–Crippen LogP) is 4.90. The molecule has 1 aromatic heterocycles. The van der Waals surface area contributed by atoms with Gasteiger partial charge in [0.25, 0.3) is 0 Å². The van der Waals surface area contributed by atoms with E-state index in [1.807, 2.05) is 4.90 Å². The Morgan fingerprint density at radius 3 is 2.47 bits per heavy atom. The van der Waals surface area contributed by atoms with E-state index in [1.165, 1.54) is 11.1 Å². The second kappa shape index (κ2) is 10.2. The van der Waals surface area contributed by atoms with Crippen molar-refractivity contribution in [3.8, 4) is 5.75 Å². The smallest absolute Gasteiger partial charge is 0.324 e. The van der Waals surface area contributed by atoms with E-state index in [9.17, 15) is 4.79 Å². The quantitative estimate of drug-likeness (QED) is 0.580. The summed E-state index contributed by atoms with van der Waals surface area (Å²) in [6.07, 6.45) is 8.34. The van der Waals surface area contributed by atoms with E-state index in [4.69, 9.17) is 9.26 Å². The standard InChI is InChI=1S/C27H36N4O3/c1-19(2)25-28-27(34-29-25)31-16-12-20(13-17-31)18-33-24-10-8-22(9-11-24)21-4-6-23(7-5-21)26(32)30-14-3-15-30/h4,8-11,19-20,23H,3,5-7,12-18H2,1-2H3. The first-order valence-corrected chi connectivity index (χ1v) is 12.9. The molecule has 2 fully saturated rings. The Morgan fingerprint density at radius 2 is 1.88 bits per heavy atom. The lowest BCUT2D eigenvalue weighted by Gasteiger charge is -2.35. The molecule has 0 radical (unpaired) electrons. The summed E-state index contributed by atoms with van der Waals surface area (Å²) in [5.41, 5.74) is 2.60. The summed E-state index contributed by atoms with van der Waals surface area (Å²) >= 11 is 0. The van der Waals surface area contributed by atoms with Gasteiger partial charge in [0.05, 0.1) is 6.61 Å². The van der Waals surface area contributed by atoms with E-state index in [0.717, 1.165) is 82.9 Å². The Hall–Kier alpha value is -2.83. The fourth-order valence-corrected chi connectivity index (χ4v) is 4.98. The third kappa shape index (κ3) is 5.13. The van der Waals surface area contributed by atoms with Crippen molar-refractivity contribution in [1.29, 1.82) is 0 Å². The molecule has 2 aromatic rings. The van der Waals surface area contributed by atoms with Gasteiger partial charge in [-0.1, -0.05) is 37.2 Å². The van der Waals surface area contributed by atoms with Crippen molar-refractivity contribution in [2.75, 3.05) is 37.7 Å². The molecule has 0 N–H and O–H groups in total. The Balaban J connectivity index is 1.07. The van der Waals surface area contributed by atoms with Gasteiger partial charge in [-0.3, -0.25) is 4.79 Å². The van der Waals surface area contributed by atoms with Crippen molar-refractivity contribution in [2.24, 2.45) is 11.8 Å². The number of amides is 1. The number of benzene rings is 1. The first kappa shape index (κ1) is 22.9. The van der Waals surface area contributed by atoms with Crippen molar-refractivity contribution in [3.05, 3.63) is 41.7 Å². The van der Waals surface area contributed by atoms with Crippen LogP contribution < -0.4 is 9.64 Å². The Kier molecular flexibility index (Phi) is 6.88. The fourth-order valence-electron chi connectivity index (χ4n) is 4.98. The molecule has 1 unspecified atom stereocenters. The van der Waals surface area contributed by atoms with Crippen molar-refractivity contribution in [3.63, 3.8) is 0 Å². The summed E-state index contributed by atoms with van der Waals surface area (Å²) in [5.74, 6) is 3.04. The third-order valence-corrected chi connectivity index (χ3v) is 7.47. The van der Waals surface area contributed by atoms with Crippen molar-refractivity contribution >= 4 is 17.5 Å². The van der Waals surface area contributed by atoms with Gasteiger partial charge < -0.3 is 19.1 Å². The molecule has 34 heavy (non-hydrogen) atoms. The highest BCUT2D eigenvalue weighted by Gasteiger charge is 2.29. The number of anilines is 1. The van der Waals surface area contributed by atoms with Crippen molar-refractivity contribution in [2.45, 2.75) is 58.3 Å². The van der Waals surface area contributed by atoms with E-state index in [1.54, 1.807) is 0 Å². The zero-order valence-electron chi connectivity index (χ0n) is 20.4. The molecule has 3 heterocycles. The average molecular weight is 465 g/mol. The van der Waals surface area contributed by atoms with Gasteiger partial charge in [0.1, 0.15) is 5.75 Å². The molecule has 1 aromatic carbocycles. The van der Waals surface area contributed by atoms with Crippen LogP contribution in [0.4, 0.5) is 6.01 Å². The first-order valence-electron chi connectivity index (χ1n) is 12.9. The van der Waals surface area contributed by atoms with Crippen LogP contribution in [0.3, 0.4) is 0 Å². The monoisotopic (exact) mass is 464 g/mol. The van der Waals surface area contributed by atoms with Gasteiger partial charge in [-0.15, -0.1) is 0 Å². The molecular formula is C27H36N4O3. The number of hydrogen-bond acceptors (Lipinski definition) is 6. The summed E-state index contributed by atoms with van der Waals surface area (Å²) in [7, 11) is 0. The number of allylic oxidation sites excluding steroid dienone is 2. The third-order valence-electron chi connectivity index (χ3n) is 7.47. The second-order valence-electron chi connectivity index (χ2n) is 10.2. The molecule has 0 bridgehead atoms. The number of piperidine rings is 1. The molecule has 1 atom stereocenters. The maximum absolute atomic E-state index is 12.5. The van der Waals surface area contributed by atoms with E-state index in [-0.39, 0.29) is 11.8 Å². The molecule has 2 saturated heterocycles. The molecule has 2 aliphatic heterocycles. The van der Waals surface area contributed by atoms with Gasteiger partial charge in [0.15, 0.2) is 5.82 Å². The van der Waals surface area contributed by atoms with Crippen LogP contribution >= 0.6 is 0 Å². The lowest BCUT2D eigenvalue weighted by molar-refractivity contribution is -0.139. The number of carbonyl (C=O) groups is 1. The van der Waals surface area contributed by atoms with Crippen LogP contribution in [0.2, 0.25) is 0 Å². The van der Waals surface area contributed by atoms with E-state index < -0.39 is 0 Å². The number of rotatable bonds is 7. The predicted molar refractivity (Wildman–Crippen MR) is 132 cm³/mol. The molecule has 1 aliphatic carbocycles. The summed E-state index contributed by atoms with van der Waals surface area (Å²) in [5, 5.41) is 4.08. The molecule has 5 rings (SSSR count). The Morgan fingerprint density at radius 1 is 1.12 bits per heavy atom. The van der Waals surface area contributed by atoms with Gasteiger partial charge in [0, 0.05) is 38.0 Å². The Labute approximate surface area is 202 Å². The normalized spacial score (nSPS) is 21.4. The topological polar surface area (TPSA) is 71.7 Å². The van der Waals surface area contributed by atoms with Gasteiger partial charge in [-0.05, 0) is 67.7 Å². The maximum Gasteiger partial charge on any atom is 0.324 e. The summed E-state index contributed by atoms with van der Waals surface area (Å²) < 4.78 is 11.6. The van der Waals surface area contributed by atoms with Crippen LogP contribution in [0.25, 0.3) is 5.57 Å². The van der Waals surface area contributed by atoms with Gasteiger partial charge >= 0.3 is 6.01 Å². The lowest BCUT2D eigenvalue weighted by Crippen LogP contribution is -2.45. The lowest BCUT2D eigenvalue weighted by atomic mass is 9.85. The molecule has 0 saturated carbocycles. The molecular weight excluding hydrogens is 428 g/mol. The largest absolute Gasteiger partial charge is 0.493 e. The van der Waals surface area contributed by atoms with Crippen LogP contribution in [0.15, 0.2) is 34.9 Å². The highest BCUT2D eigenvalue weighted by molar-refractivity contribution is 5.81. The SMILES string of the molecule is CC(C)c1noc(N2CCC(COc3ccc(C4=CCC(C(=O)N5CCC5)CC4)cc3)CC2)n1. The minimum absolute atomic E-state index is 0.176. The second-order valence-corrected chi connectivity index (χ2v) is 10.2. The molecule has 7 nitrogen and oxygen atoms in total. The summed E-state index contributed by atoms with van der Waals surface area (Å²) in [6, 6.07) is 9.11. The molecule has 0 spiro atoms. The minimum atomic E-state index is 0.176. The molecule has 1 amide bonds. The van der Waals surface area contributed by atoms with Gasteiger partial charge in [-0.2, -0.15) is 4.98 Å². The van der Waals surface area contributed by atoms with Crippen LogP contribution in [0.1, 0.15) is 69.7 Å². The summed E-state index contributed by atoms with van der Waals surface area (Å²) in [4.78, 5) is 21.2. The number of ether oxygens (including phenoxy) is 1. The number of nitrogens with zero attached hydrogens (tertiary/aromatic N) is 4. The maximum atomic E-state index is 12.5. The van der Waals surface area contributed by atoms with Crippen LogP contribution in [-0.2, 0) is 4.79 Å². The molecule has 3 aliphatic rings. The van der Waals surface area contributed by atoms with E-state index in [0.29, 0.717) is 17.8 Å². The van der Waals surface area contributed by atoms with Crippen LogP contribution in [-0.4, -0.2) is 53.7 Å². The van der Waals surface area contributed by atoms with Gasteiger partial charge in [0.2, 0.25) is 5.91 Å². The fraction of sp³-hybridized carbons (Fsp3) is 0.593. The number of carbonyl (C=O) groups excluding carboxylic acids is 1. The average Bonchev–Trinajstić information content (AvgIpc) is 3.33. The van der Waals surface area contributed by atoms with Crippen LogP contribution in [0, 0.1) is 11.8 Å². The number of aromatic nitrogens is 2. The zero-order chi connectivity index (χ0) is 23.5. The Bertz CT molecular complexity index is 1000. The molecule has 7 heteroatoms. The van der Waals surface area contributed by atoms with E-state index in [2.05, 4.69) is 59.2 Å². The zero-order valence-corrected chi connectivity index (χ0v) is 20.4. The molecule has 182 valence electrons. The van der Waals surface area contributed by atoms with Crippen LogP contribution in [0.5, 0.6) is 5.75 Å². The highest BCUT2D eigenvalue weighted by Crippen LogP contribution is 2.33. The highest BCUT2D eigenvalue weighted by atomic mass is 16.5. The van der Waals surface area contributed by atoms with Crippen molar-refractivity contribution in [1.82, 2.24) is 15.0 Å².